The molecule has 0 aliphatic heterocycles. The van der Waals surface area contributed by atoms with E-state index in [0.717, 1.165) is 33.7 Å². The van der Waals surface area contributed by atoms with E-state index in [1.807, 2.05) is 12.1 Å². The number of hydrogen-bond donors (Lipinski definition) is 1. The lowest BCUT2D eigenvalue weighted by Gasteiger charge is -2.18. The molecule has 17 heavy (non-hydrogen) atoms. The van der Waals surface area contributed by atoms with E-state index in [-0.39, 0.29) is 6.04 Å². The maximum Gasteiger partial charge on any atom is 0.141 e. The monoisotopic (exact) mass is 319 g/mol. The van der Waals surface area contributed by atoms with E-state index in [2.05, 4.69) is 22.2 Å². The third kappa shape index (κ3) is 3.53. The molecule has 1 unspecified atom stereocenters. The van der Waals surface area contributed by atoms with E-state index in [1.165, 1.54) is 0 Å². The zero-order valence-electron chi connectivity index (χ0n) is 10.3. The van der Waals surface area contributed by atoms with Crippen molar-refractivity contribution >= 4 is 27.7 Å². The number of thioether (sulfide) groups is 1. The van der Waals surface area contributed by atoms with Crippen LogP contribution in [0, 0.1) is 0 Å². The molecule has 3 nitrogen and oxygen atoms in total. The standard InChI is InChI=1S/C12H18BrNO2S/c1-15-10-5-4-8(9(14)6-7-17-3)12(16-2)11(10)13/h4-5,9H,6-7,14H2,1-3H3. The first kappa shape index (κ1) is 14.7. The summed E-state index contributed by atoms with van der Waals surface area (Å²) >= 11 is 5.27. The Morgan fingerprint density at radius 1 is 1.35 bits per heavy atom. The molecule has 1 rings (SSSR count). The van der Waals surface area contributed by atoms with Crippen LogP contribution in [0.5, 0.6) is 11.5 Å². The van der Waals surface area contributed by atoms with Crippen LogP contribution in [-0.4, -0.2) is 26.2 Å². The fourth-order valence-corrected chi connectivity index (χ4v) is 2.78. The number of rotatable bonds is 6. The summed E-state index contributed by atoms with van der Waals surface area (Å²) in [6.07, 6.45) is 3.00. The summed E-state index contributed by atoms with van der Waals surface area (Å²) in [5, 5.41) is 0. The van der Waals surface area contributed by atoms with E-state index in [9.17, 15) is 0 Å². The summed E-state index contributed by atoms with van der Waals surface area (Å²) in [4.78, 5) is 0. The van der Waals surface area contributed by atoms with Gasteiger partial charge in [0.15, 0.2) is 0 Å². The largest absolute Gasteiger partial charge is 0.495 e. The highest BCUT2D eigenvalue weighted by Crippen LogP contribution is 2.39. The van der Waals surface area contributed by atoms with Crippen LogP contribution in [-0.2, 0) is 0 Å². The molecule has 1 aromatic carbocycles. The number of nitrogens with two attached hydrogens (primary N) is 1. The van der Waals surface area contributed by atoms with Crippen LogP contribution in [0.1, 0.15) is 18.0 Å². The molecule has 1 atom stereocenters. The zero-order valence-corrected chi connectivity index (χ0v) is 12.7. The predicted molar refractivity (Wildman–Crippen MR) is 77.2 cm³/mol. The summed E-state index contributed by atoms with van der Waals surface area (Å²) in [5.74, 6) is 2.55. The van der Waals surface area contributed by atoms with Crippen LogP contribution < -0.4 is 15.2 Å². The van der Waals surface area contributed by atoms with Gasteiger partial charge in [-0.3, -0.25) is 0 Å². The van der Waals surface area contributed by atoms with Crippen LogP contribution in [0.2, 0.25) is 0 Å². The minimum atomic E-state index is -0.0143. The lowest BCUT2D eigenvalue weighted by atomic mass is 10.0. The van der Waals surface area contributed by atoms with Gasteiger partial charge in [0.05, 0.1) is 14.2 Å². The Labute approximate surface area is 115 Å². The highest BCUT2D eigenvalue weighted by atomic mass is 79.9. The van der Waals surface area contributed by atoms with Crippen molar-refractivity contribution in [2.24, 2.45) is 5.73 Å². The van der Waals surface area contributed by atoms with Gasteiger partial charge in [0.1, 0.15) is 16.0 Å². The van der Waals surface area contributed by atoms with Crippen molar-refractivity contribution in [3.05, 3.63) is 22.2 Å². The fraction of sp³-hybridized carbons (Fsp3) is 0.500. The number of benzene rings is 1. The summed E-state index contributed by atoms with van der Waals surface area (Å²) in [6.45, 7) is 0. The number of ether oxygens (including phenoxy) is 2. The van der Waals surface area contributed by atoms with E-state index in [1.54, 1.807) is 26.0 Å². The molecular formula is C12H18BrNO2S. The lowest BCUT2D eigenvalue weighted by molar-refractivity contribution is 0.383. The second-order valence-electron chi connectivity index (χ2n) is 3.59. The predicted octanol–water partition coefficient (Wildman–Crippen LogP) is 3.22. The minimum absolute atomic E-state index is 0.0143. The molecule has 0 amide bonds. The summed E-state index contributed by atoms with van der Waals surface area (Å²) in [6, 6.07) is 3.86. The Morgan fingerprint density at radius 2 is 2.06 bits per heavy atom. The summed E-state index contributed by atoms with van der Waals surface area (Å²) in [7, 11) is 3.27. The van der Waals surface area contributed by atoms with Gasteiger partial charge in [0.2, 0.25) is 0 Å². The molecule has 2 N–H and O–H groups in total. The van der Waals surface area contributed by atoms with E-state index in [0.29, 0.717) is 0 Å². The quantitative estimate of drug-likeness (QED) is 0.874. The van der Waals surface area contributed by atoms with Gasteiger partial charge in [-0.15, -0.1) is 0 Å². The Morgan fingerprint density at radius 3 is 2.59 bits per heavy atom. The molecule has 0 radical (unpaired) electrons. The molecule has 0 aliphatic rings. The highest BCUT2D eigenvalue weighted by molar-refractivity contribution is 9.10. The molecule has 5 heteroatoms. The van der Waals surface area contributed by atoms with Crippen molar-refractivity contribution in [1.82, 2.24) is 0 Å². The lowest BCUT2D eigenvalue weighted by Crippen LogP contribution is -2.13. The number of methoxy groups -OCH3 is 2. The van der Waals surface area contributed by atoms with Gasteiger partial charge in [-0.25, -0.2) is 0 Å². The molecule has 0 bridgehead atoms. The maximum absolute atomic E-state index is 6.16. The molecule has 0 spiro atoms. The molecule has 0 aliphatic carbocycles. The maximum atomic E-state index is 6.16. The number of halogens is 1. The fourth-order valence-electron chi connectivity index (χ4n) is 1.61. The van der Waals surface area contributed by atoms with Gasteiger partial charge in [0, 0.05) is 11.6 Å². The highest BCUT2D eigenvalue weighted by Gasteiger charge is 2.17. The Hall–Kier alpha value is -0.390. The molecule has 0 fully saturated rings. The van der Waals surface area contributed by atoms with Gasteiger partial charge in [-0.2, -0.15) is 11.8 Å². The molecule has 0 saturated heterocycles. The van der Waals surface area contributed by atoms with Crippen molar-refractivity contribution in [2.75, 3.05) is 26.2 Å². The molecule has 0 heterocycles. The topological polar surface area (TPSA) is 44.5 Å². The van der Waals surface area contributed by atoms with E-state index >= 15 is 0 Å². The second kappa shape index (κ2) is 7.13. The molecular weight excluding hydrogens is 302 g/mol. The Bertz CT molecular complexity index is 374. The van der Waals surface area contributed by atoms with Gasteiger partial charge >= 0.3 is 0 Å². The van der Waals surface area contributed by atoms with Crippen LogP contribution in [0.15, 0.2) is 16.6 Å². The van der Waals surface area contributed by atoms with Gasteiger partial charge in [-0.05, 0) is 46.5 Å². The number of hydrogen-bond acceptors (Lipinski definition) is 4. The van der Waals surface area contributed by atoms with E-state index in [4.69, 9.17) is 15.2 Å². The van der Waals surface area contributed by atoms with Crippen LogP contribution in [0.4, 0.5) is 0 Å². The zero-order chi connectivity index (χ0) is 12.8. The smallest absolute Gasteiger partial charge is 0.141 e. The second-order valence-corrected chi connectivity index (χ2v) is 5.37. The normalized spacial score (nSPS) is 12.3. The molecule has 0 saturated carbocycles. The molecule has 96 valence electrons. The molecule has 0 aromatic heterocycles. The SMILES string of the molecule is COc1ccc(C(N)CCSC)c(OC)c1Br. The van der Waals surface area contributed by atoms with Crippen molar-refractivity contribution in [3.63, 3.8) is 0 Å². The van der Waals surface area contributed by atoms with Crippen LogP contribution in [0.25, 0.3) is 0 Å². The average Bonchev–Trinajstić information content (AvgIpc) is 2.35. The average molecular weight is 320 g/mol. The van der Waals surface area contributed by atoms with Crippen molar-refractivity contribution in [2.45, 2.75) is 12.5 Å². The van der Waals surface area contributed by atoms with Crippen molar-refractivity contribution in [1.29, 1.82) is 0 Å². The summed E-state index contributed by atoms with van der Waals surface area (Å²) in [5.41, 5.74) is 7.17. The Balaban J connectivity index is 3.03. The molecule has 1 aromatic rings. The van der Waals surface area contributed by atoms with Gasteiger partial charge < -0.3 is 15.2 Å². The summed E-state index contributed by atoms with van der Waals surface area (Å²) < 4.78 is 11.5. The van der Waals surface area contributed by atoms with Crippen molar-refractivity contribution in [3.8, 4) is 11.5 Å². The van der Waals surface area contributed by atoms with Crippen molar-refractivity contribution < 1.29 is 9.47 Å². The van der Waals surface area contributed by atoms with Gasteiger partial charge in [-0.1, -0.05) is 0 Å². The van der Waals surface area contributed by atoms with E-state index < -0.39 is 0 Å². The first-order valence-corrected chi connectivity index (χ1v) is 7.49. The Kier molecular flexibility index (Phi) is 6.16. The minimum Gasteiger partial charge on any atom is -0.495 e. The third-order valence-corrected chi connectivity index (χ3v) is 3.94. The van der Waals surface area contributed by atoms with Crippen LogP contribution in [0.3, 0.4) is 0 Å². The third-order valence-electron chi connectivity index (χ3n) is 2.55. The van der Waals surface area contributed by atoms with Crippen LogP contribution >= 0.6 is 27.7 Å². The first-order valence-electron chi connectivity index (χ1n) is 5.30. The van der Waals surface area contributed by atoms with Gasteiger partial charge in [0.25, 0.3) is 0 Å². The first-order chi connectivity index (χ1) is 8.15.